The van der Waals surface area contributed by atoms with Crippen molar-refractivity contribution in [2.24, 2.45) is 0 Å². The van der Waals surface area contributed by atoms with Crippen LogP contribution < -0.4 is 4.74 Å². The van der Waals surface area contributed by atoms with Crippen LogP contribution in [0.1, 0.15) is 48.0 Å². The molecule has 0 fully saturated rings. The highest BCUT2D eigenvalue weighted by atomic mass is 35.5. The molecule has 3 aromatic rings. The van der Waals surface area contributed by atoms with Crippen LogP contribution in [0.3, 0.4) is 0 Å². The van der Waals surface area contributed by atoms with E-state index in [9.17, 15) is 4.79 Å². The van der Waals surface area contributed by atoms with Gasteiger partial charge in [-0.05, 0) is 36.4 Å². The van der Waals surface area contributed by atoms with Crippen molar-refractivity contribution in [1.82, 2.24) is 4.98 Å². The second-order valence-corrected chi connectivity index (χ2v) is 8.50. The zero-order valence-corrected chi connectivity index (χ0v) is 19.4. The van der Waals surface area contributed by atoms with Gasteiger partial charge < -0.3 is 14.3 Å². The molecule has 0 bridgehead atoms. The number of hydrogen-bond donors (Lipinski definition) is 1. The maximum atomic E-state index is 12.7. The number of aliphatic hydroxyl groups is 1. The van der Waals surface area contributed by atoms with Gasteiger partial charge in [-0.15, -0.1) is 0 Å². The first-order chi connectivity index (χ1) is 14.8. The molecule has 0 saturated carbocycles. The molecule has 2 aromatic carbocycles. The average molecular weight is 483 g/mol. The third kappa shape index (κ3) is 5.80. The first kappa shape index (κ1) is 23.6. The van der Waals surface area contributed by atoms with Crippen LogP contribution in [0.2, 0.25) is 15.1 Å². The first-order valence-electron chi connectivity index (χ1n) is 9.81. The Morgan fingerprint density at radius 1 is 1.13 bits per heavy atom. The van der Waals surface area contributed by atoms with Crippen LogP contribution in [0.25, 0.3) is 11.5 Å². The second kappa shape index (κ2) is 10.5. The fourth-order valence-electron chi connectivity index (χ4n) is 3.10. The Morgan fingerprint density at radius 3 is 2.55 bits per heavy atom. The highest BCUT2D eigenvalue weighted by Crippen LogP contribution is 2.33. The molecule has 0 aliphatic heterocycles. The van der Waals surface area contributed by atoms with E-state index in [1.54, 1.807) is 36.4 Å². The molecule has 164 valence electrons. The van der Waals surface area contributed by atoms with Crippen LogP contribution in [0.15, 0.2) is 40.8 Å². The number of nitrogens with zero attached hydrogens (tertiary/aromatic N) is 1. The Balaban J connectivity index is 1.77. The van der Waals surface area contributed by atoms with Crippen molar-refractivity contribution in [3.05, 3.63) is 68.5 Å². The Labute approximate surface area is 195 Å². The predicted octanol–water partition coefficient (Wildman–Crippen LogP) is 6.61. The predicted molar refractivity (Wildman–Crippen MR) is 123 cm³/mol. The van der Waals surface area contributed by atoms with Crippen molar-refractivity contribution in [3.8, 4) is 17.2 Å². The van der Waals surface area contributed by atoms with Gasteiger partial charge in [0.2, 0.25) is 5.89 Å². The third-order valence-electron chi connectivity index (χ3n) is 4.61. The van der Waals surface area contributed by atoms with Gasteiger partial charge in [0.15, 0.2) is 5.78 Å². The van der Waals surface area contributed by atoms with E-state index in [1.165, 1.54) is 0 Å². The first-order valence-corrected chi connectivity index (χ1v) is 10.9. The zero-order valence-electron chi connectivity index (χ0n) is 17.1. The minimum Gasteiger partial charge on any atom is -0.490 e. The molecule has 1 N–H and O–H groups in total. The van der Waals surface area contributed by atoms with E-state index in [4.69, 9.17) is 49.1 Å². The topological polar surface area (TPSA) is 72.6 Å². The Hall–Kier alpha value is -2.05. The van der Waals surface area contributed by atoms with Gasteiger partial charge in [-0.2, -0.15) is 0 Å². The number of halogens is 3. The lowest BCUT2D eigenvalue weighted by atomic mass is 10.0. The molecule has 8 heteroatoms. The standard InChI is InChI=1S/C23H22Cl3NO4/c1-13(2)22-19(27-23(31-22)16-5-4-15(24)12-17(16)25)6-7-20(29)14-3-8-21(18(26)11-14)30-10-9-28/h3-5,8,11-13,28H,6-7,9-10H2,1-2H3. The number of carbonyl (C=O) groups is 1. The summed E-state index contributed by atoms with van der Waals surface area (Å²) in [6, 6.07) is 9.98. The molecule has 0 amide bonds. The summed E-state index contributed by atoms with van der Waals surface area (Å²) in [6.07, 6.45) is 0.661. The lowest BCUT2D eigenvalue weighted by molar-refractivity contribution is 0.0982. The molecule has 0 saturated heterocycles. The van der Waals surface area contributed by atoms with Crippen molar-refractivity contribution in [2.45, 2.75) is 32.6 Å². The van der Waals surface area contributed by atoms with Crippen molar-refractivity contribution in [1.29, 1.82) is 0 Å². The third-order valence-corrected chi connectivity index (χ3v) is 5.45. The van der Waals surface area contributed by atoms with E-state index in [0.29, 0.717) is 44.3 Å². The van der Waals surface area contributed by atoms with E-state index in [-0.39, 0.29) is 31.3 Å². The number of rotatable bonds is 9. The summed E-state index contributed by atoms with van der Waals surface area (Å²) >= 11 is 18.5. The number of Topliss-reactive ketones (excluding diaryl/α,β-unsaturated/α-hetero) is 1. The molecule has 5 nitrogen and oxygen atoms in total. The summed E-state index contributed by atoms with van der Waals surface area (Å²) in [6.45, 7) is 4.03. The molecule has 0 aliphatic carbocycles. The van der Waals surface area contributed by atoms with Gasteiger partial charge in [-0.1, -0.05) is 48.7 Å². The summed E-state index contributed by atoms with van der Waals surface area (Å²) in [5, 5.41) is 10.2. The molecule has 1 aromatic heterocycles. The van der Waals surface area contributed by atoms with Gasteiger partial charge in [-0.3, -0.25) is 4.79 Å². The van der Waals surface area contributed by atoms with E-state index in [2.05, 4.69) is 4.98 Å². The summed E-state index contributed by atoms with van der Waals surface area (Å²) < 4.78 is 11.3. The Kier molecular flexibility index (Phi) is 8.00. The average Bonchev–Trinajstić information content (AvgIpc) is 3.15. The molecule has 0 atom stereocenters. The SMILES string of the molecule is CC(C)c1oc(-c2ccc(Cl)cc2Cl)nc1CCC(=O)c1ccc(OCCO)c(Cl)c1. The minimum absolute atomic E-state index is 0.0700. The Bertz CT molecular complexity index is 1080. The Morgan fingerprint density at radius 2 is 1.90 bits per heavy atom. The van der Waals surface area contributed by atoms with Gasteiger partial charge in [0, 0.05) is 29.3 Å². The van der Waals surface area contributed by atoms with Crippen LogP contribution in [0.4, 0.5) is 0 Å². The molecule has 3 rings (SSSR count). The number of oxazole rings is 1. The smallest absolute Gasteiger partial charge is 0.228 e. The number of ether oxygens (including phenoxy) is 1. The largest absolute Gasteiger partial charge is 0.490 e. The van der Waals surface area contributed by atoms with Gasteiger partial charge in [0.25, 0.3) is 0 Å². The lowest BCUT2D eigenvalue weighted by Gasteiger charge is -2.08. The van der Waals surface area contributed by atoms with Crippen molar-refractivity contribution in [3.63, 3.8) is 0 Å². The summed E-state index contributed by atoms with van der Waals surface area (Å²) in [5.74, 6) is 1.57. The van der Waals surface area contributed by atoms with Gasteiger partial charge in [0.05, 0.1) is 27.9 Å². The summed E-state index contributed by atoms with van der Waals surface area (Å²) in [4.78, 5) is 17.3. The number of aryl methyl sites for hydroxylation is 1. The monoisotopic (exact) mass is 481 g/mol. The van der Waals surface area contributed by atoms with E-state index in [1.807, 2.05) is 13.8 Å². The van der Waals surface area contributed by atoms with Crippen molar-refractivity contribution in [2.75, 3.05) is 13.2 Å². The van der Waals surface area contributed by atoms with E-state index >= 15 is 0 Å². The second-order valence-electron chi connectivity index (χ2n) is 7.25. The van der Waals surface area contributed by atoms with Gasteiger partial charge in [0.1, 0.15) is 18.1 Å². The fraction of sp³-hybridized carbons (Fsp3) is 0.304. The number of carbonyl (C=O) groups excluding carboxylic acids is 1. The van der Waals surface area contributed by atoms with Crippen LogP contribution in [-0.4, -0.2) is 29.1 Å². The van der Waals surface area contributed by atoms with Crippen LogP contribution in [0, 0.1) is 0 Å². The van der Waals surface area contributed by atoms with Crippen molar-refractivity contribution >= 4 is 40.6 Å². The van der Waals surface area contributed by atoms with Crippen LogP contribution in [0.5, 0.6) is 5.75 Å². The van der Waals surface area contributed by atoms with E-state index in [0.717, 1.165) is 11.5 Å². The maximum absolute atomic E-state index is 12.7. The highest BCUT2D eigenvalue weighted by molar-refractivity contribution is 6.36. The van der Waals surface area contributed by atoms with Crippen molar-refractivity contribution < 1.29 is 19.1 Å². The number of aliphatic hydroxyl groups excluding tert-OH is 1. The normalized spacial score (nSPS) is 11.2. The maximum Gasteiger partial charge on any atom is 0.228 e. The van der Waals surface area contributed by atoms with Crippen LogP contribution in [-0.2, 0) is 6.42 Å². The number of ketones is 1. The van der Waals surface area contributed by atoms with Crippen LogP contribution >= 0.6 is 34.8 Å². The fourth-order valence-corrected chi connectivity index (χ4v) is 3.82. The molecule has 0 radical (unpaired) electrons. The molecule has 0 spiro atoms. The molecule has 0 unspecified atom stereocenters. The molecular weight excluding hydrogens is 461 g/mol. The zero-order chi connectivity index (χ0) is 22.5. The number of benzene rings is 2. The molecular formula is C23H22Cl3NO4. The summed E-state index contributed by atoms with van der Waals surface area (Å²) in [7, 11) is 0. The quantitative estimate of drug-likeness (QED) is 0.347. The summed E-state index contributed by atoms with van der Waals surface area (Å²) in [5.41, 5.74) is 1.85. The molecule has 0 aliphatic rings. The van der Waals surface area contributed by atoms with Gasteiger partial charge >= 0.3 is 0 Å². The number of hydrogen-bond acceptors (Lipinski definition) is 5. The number of aromatic nitrogens is 1. The highest BCUT2D eigenvalue weighted by Gasteiger charge is 2.20. The minimum atomic E-state index is -0.115. The lowest BCUT2D eigenvalue weighted by Crippen LogP contribution is -2.05. The van der Waals surface area contributed by atoms with E-state index < -0.39 is 0 Å². The molecule has 1 heterocycles. The molecule has 31 heavy (non-hydrogen) atoms. The van der Waals surface area contributed by atoms with Gasteiger partial charge in [-0.25, -0.2) is 4.98 Å².